The van der Waals surface area contributed by atoms with E-state index in [1.165, 1.54) is 12.1 Å². The molecule has 0 bridgehead atoms. The van der Waals surface area contributed by atoms with Gasteiger partial charge in [0.1, 0.15) is 0 Å². The lowest BCUT2D eigenvalue weighted by molar-refractivity contribution is -0.115. The van der Waals surface area contributed by atoms with E-state index in [4.69, 9.17) is 0 Å². The van der Waals surface area contributed by atoms with E-state index in [9.17, 15) is 13.2 Å². The fourth-order valence-electron chi connectivity index (χ4n) is 3.30. The van der Waals surface area contributed by atoms with Gasteiger partial charge in [-0.1, -0.05) is 72.8 Å². The SMILES string of the molecule is O=C(Cc1cccc2ccccc12)Nc1ccccc1NS(=O)(=O)c1ccccc1. The number of sulfonamides is 1. The van der Waals surface area contributed by atoms with Gasteiger partial charge in [-0.15, -0.1) is 0 Å². The van der Waals surface area contributed by atoms with Crippen LogP contribution in [0.5, 0.6) is 0 Å². The number of amides is 1. The third-order valence-corrected chi connectivity index (χ3v) is 6.11. The van der Waals surface area contributed by atoms with E-state index in [0.717, 1.165) is 16.3 Å². The Bertz CT molecular complexity index is 1300. The normalized spacial score (nSPS) is 11.2. The molecular formula is C24H20N2O3S. The van der Waals surface area contributed by atoms with Crippen molar-refractivity contribution in [2.45, 2.75) is 11.3 Å². The molecule has 0 fully saturated rings. The molecule has 0 spiro atoms. The fraction of sp³-hybridized carbons (Fsp3) is 0.0417. The smallest absolute Gasteiger partial charge is 0.261 e. The van der Waals surface area contributed by atoms with Gasteiger partial charge in [-0.3, -0.25) is 9.52 Å². The zero-order valence-electron chi connectivity index (χ0n) is 16.1. The van der Waals surface area contributed by atoms with Gasteiger partial charge in [-0.2, -0.15) is 0 Å². The van der Waals surface area contributed by atoms with Crippen LogP contribution >= 0.6 is 0 Å². The maximum atomic E-state index is 12.7. The first-order valence-electron chi connectivity index (χ1n) is 9.46. The zero-order chi connectivity index (χ0) is 21.0. The molecule has 0 radical (unpaired) electrons. The first-order chi connectivity index (χ1) is 14.5. The van der Waals surface area contributed by atoms with Crippen molar-refractivity contribution in [1.29, 1.82) is 0 Å². The number of hydrogen-bond donors (Lipinski definition) is 2. The van der Waals surface area contributed by atoms with Crippen LogP contribution in [0.15, 0.2) is 102 Å². The van der Waals surface area contributed by atoms with E-state index < -0.39 is 10.0 Å². The van der Waals surface area contributed by atoms with Gasteiger partial charge in [0.25, 0.3) is 10.0 Å². The molecule has 0 atom stereocenters. The molecule has 4 aromatic rings. The van der Waals surface area contributed by atoms with Crippen molar-refractivity contribution in [3.05, 3.63) is 103 Å². The van der Waals surface area contributed by atoms with E-state index in [1.54, 1.807) is 42.5 Å². The van der Waals surface area contributed by atoms with Crippen molar-refractivity contribution < 1.29 is 13.2 Å². The van der Waals surface area contributed by atoms with Crippen LogP contribution in [-0.4, -0.2) is 14.3 Å². The molecular weight excluding hydrogens is 396 g/mol. The van der Waals surface area contributed by atoms with Gasteiger partial charge < -0.3 is 5.32 Å². The fourth-order valence-corrected chi connectivity index (χ4v) is 4.40. The number of rotatable bonds is 6. The highest BCUT2D eigenvalue weighted by atomic mass is 32.2. The topological polar surface area (TPSA) is 75.3 Å². The molecule has 0 heterocycles. The Morgan fingerprint density at radius 3 is 2.13 bits per heavy atom. The average Bonchev–Trinajstić information content (AvgIpc) is 2.76. The summed E-state index contributed by atoms with van der Waals surface area (Å²) in [5, 5.41) is 4.92. The number of carbonyl (C=O) groups excluding carboxylic acids is 1. The third kappa shape index (κ3) is 4.34. The van der Waals surface area contributed by atoms with E-state index in [-0.39, 0.29) is 17.2 Å². The van der Waals surface area contributed by atoms with Crippen LogP contribution in [0.25, 0.3) is 10.8 Å². The van der Waals surface area contributed by atoms with Crippen molar-refractivity contribution in [1.82, 2.24) is 0 Å². The van der Waals surface area contributed by atoms with Crippen molar-refractivity contribution in [2.75, 3.05) is 10.0 Å². The second-order valence-corrected chi connectivity index (χ2v) is 8.51. The summed E-state index contributed by atoms with van der Waals surface area (Å²) in [5.41, 5.74) is 1.63. The number of benzene rings is 4. The second kappa shape index (κ2) is 8.39. The minimum absolute atomic E-state index is 0.155. The lowest BCUT2D eigenvalue weighted by Crippen LogP contribution is -2.18. The summed E-state index contributed by atoms with van der Waals surface area (Å²) in [6.07, 6.45) is 0.182. The summed E-state index contributed by atoms with van der Waals surface area (Å²) in [5.74, 6) is -0.224. The van der Waals surface area contributed by atoms with Crippen LogP contribution in [0.3, 0.4) is 0 Å². The van der Waals surface area contributed by atoms with Gasteiger partial charge in [-0.05, 0) is 40.6 Å². The molecule has 0 saturated carbocycles. The third-order valence-electron chi connectivity index (χ3n) is 4.73. The number of fused-ring (bicyclic) bond motifs is 1. The van der Waals surface area contributed by atoms with Crippen molar-refractivity contribution in [2.24, 2.45) is 0 Å². The number of carbonyl (C=O) groups is 1. The van der Waals surface area contributed by atoms with Crippen molar-refractivity contribution >= 4 is 38.1 Å². The molecule has 2 N–H and O–H groups in total. The predicted molar refractivity (Wildman–Crippen MR) is 120 cm³/mol. The van der Waals surface area contributed by atoms with Gasteiger partial charge in [0.05, 0.1) is 22.7 Å². The molecule has 5 nitrogen and oxygen atoms in total. The summed E-state index contributed by atoms with van der Waals surface area (Å²) in [4.78, 5) is 12.9. The number of anilines is 2. The largest absolute Gasteiger partial charge is 0.324 e. The first kappa shape index (κ1) is 19.7. The summed E-state index contributed by atoms with van der Waals surface area (Å²) >= 11 is 0. The summed E-state index contributed by atoms with van der Waals surface area (Å²) in [7, 11) is -3.76. The highest BCUT2D eigenvalue weighted by Gasteiger charge is 2.16. The minimum Gasteiger partial charge on any atom is -0.324 e. The second-order valence-electron chi connectivity index (χ2n) is 6.83. The Morgan fingerprint density at radius 1 is 0.700 bits per heavy atom. The van der Waals surface area contributed by atoms with E-state index in [0.29, 0.717) is 11.4 Å². The molecule has 0 aliphatic rings. The van der Waals surface area contributed by atoms with Crippen LogP contribution in [-0.2, 0) is 21.2 Å². The number of para-hydroxylation sites is 2. The monoisotopic (exact) mass is 416 g/mol. The van der Waals surface area contributed by atoms with Gasteiger partial charge in [-0.25, -0.2) is 8.42 Å². The molecule has 0 unspecified atom stereocenters. The molecule has 0 saturated heterocycles. The molecule has 1 amide bonds. The summed E-state index contributed by atoms with van der Waals surface area (Å²) < 4.78 is 27.9. The van der Waals surface area contributed by atoms with Gasteiger partial charge in [0.15, 0.2) is 0 Å². The Kier molecular flexibility index (Phi) is 5.50. The van der Waals surface area contributed by atoms with E-state index in [1.807, 2.05) is 42.5 Å². The highest BCUT2D eigenvalue weighted by molar-refractivity contribution is 7.92. The zero-order valence-corrected chi connectivity index (χ0v) is 16.9. The quantitative estimate of drug-likeness (QED) is 0.473. The first-order valence-corrected chi connectivity index (χ1v) is 10.9. The number of nitrogens with one attached hydrogen (secondary N) is 2. The molecule has 0 aliphatic heterocycles. The Labute approximate surface area is 175 Å². The Balaban J connectivity index is 1.55. The van der Waals surface area contributed by atoms with Crippen LogP contribution in [0.1, 0.15) is 5.56 Å². The molecule has 30 heavy (non-hydrogen) atoms. The summed E-state index contributed by atoms with van der Waals surface area (Å²) in [6.45, 7) is 0. The standard InChI is InChI=1S/C24H20N2O3S/c27-24(17-19-11-8-10-18-9-4-5-14-21(18)19)25-22-15-6-7-16-23(22)26-30(28,29)20-12-2-1-3-13-20/h1-16,26H,17H2,(H,25,27). The van der Waals surface area contributed by atoms with E-state index >= 15 is 0 Å². The summed E-state index contributed by atoms with van der Waals surface area (Å²) in [6, 6.07) is 28.6. The van der Waals surface area contributed by atoms with Crippen molar-refractivity contribution in [3.63, 3.8) is 0 Å². The molecule has 4 rings (SSSR count). The Morgan fingerprint density at radius 2 is 1.33 bits per heavy atom. The highest BCUT2D eigenvalue weighted by Crippen LogP contribution is 2.25. The number of hydrogen-bond acceptors (Lipinski definition) is 3. The molecule has 150 valence electrons. The van der Waals surface area contributed by atoms with E-state index in [2.05, 4.69) is 10.0 Å². The maximum Gasteiger partial charge on any atom is 0.261 e. The van der Waals surface area contributed by atoms with Gasteiger partial charge >= 0.3 is 0 Å². The molecule has 0 aliphatic carbocycles. The lowest BCUT2D eigenvalue weighted by atomic mass is 10.0. The van der Waals surface area contributed by atoms with Gasteiger partial charge in [0, 0.05) is 0 Å². The minimum atomic E-state index is -3.76. The molecule has 6 heteroatoms. The predicted octanol–water partition coefficient (Wildman–Crippen LogP) is 4.82. The molecule has 0 aromatic heterocycles. The lowest BCUT2D eigenvalue weighted by Gasteiger charge is -2.14. The van der Waals surface area contributed by atoms with Crippen molar-refractivity contribution in [3.8, 4) is 0 Å². The van der Waals surface area contributed by atoms with Gasteiger partial charge in [0.2, 0.25) is 5.91 Å². The van der Waals surface area contributed by atoms with Crippen LogP contribution in [0.4, 0.5) is 11.4 Å². The average molecular weight is 417 g/mol. The van der Waals surface area contributed by atoms with Crippen LogP contribution < -0.4 is 10.0 Å². The maximum absolute atomic E-state index is 12.7. The van der Waals surface area contributed by atoms with Crippen LogP contribution in [0.2, 0.25) is 0 Å². The van der Waals surface area contributed by atoms with Crippen LogP contribution in [0, 0.1) is 0 Å². The molecule has 4 aromatic carbocycles. The Hall–Kier alpha value is -3.64.